The molecule has 29 heavy (non-hydrogen) atoms. The monoisotopic (exact) mass is 422 g/mol. The van der Waals surface area contributed by atoms with E-state index in [-0.39, 0.29) is 0 Å². The number of hydrogen-bond donors (Lipinski definition) is 2. The number of rotatable bonds is 3. The van der Waals surface area contributed by atoms with Crippen LogP contribution in [0, 0.1) is 11.3 Å². The molecular weight excluding hydrogens is 404 g/mol. The highest BCUT2D eigenvalue weighted by molar-refractivity contribution is 7.80. The van der Waals surface area contributed by atoms with Crippen LogP contribution in [-0.2, 0) is 0 Å². The van der Waals surface area contributed by atoms with Gasteiger partial charge in [-0.25, -0.2) is 9.97 Å². The van der Waals surface area contributed by atoms with Gasteiger partial charge >= 0.3 is 0 Å². The Balaban J connectivity index is 1.35. The third kappa shape index (κ3) is 4.56. The van der Waals surface area contributed by atoms with Gasteiger partial charge in [-0.1, -0.05) is 11.6 Å². The summed E-state index contributed by atoms with van der Waals surface area (Å²) in [6, 6.07) is 15.4. The lowest BCUT2D eigenvalue weighted by Crippen LogP contribution is -2.46. The molecule has 2 N–H and O–H groups in total. The summed E-state index contributed by atoms with van der Waals surface area (Å²) in [6.07, 6.45) is 3.50. The third-order valence-corrected chi connectivity index (χ3v) is 5.43. The second kappa shape index (κ2) is 8.60. The van der Waals surface area contributed by atoms with Crippen molar-refractivity contribution < 1.29 is 0 Å². The summed E-state index contributed by atoms with van der Waals surface area (Å²) in [5.74, 6) is 0.948. The lowest BCUT2D eigenvalue weighted by atomic mass is 10.0. The van der Waals surface area contributed by atoms with Gasteiger partial charge in [0.2, 0.25) is 0 Å². The summed E-state index contributed by atoms with van der Waals surface area (Å²) in [7, 11) is 0. The number of nitriles is 1. The molecule has 146 valence electrons. The summed E-state index contributed by atoms with van der Waals surface area (Å²) in [4.78, 5) is 11.1. The normalized spacial score (nSPS) is 14.4. The maximum absolute atomic E-state index is 8.87. The fraction of sp³-hybridized carbons (Fsp3) is 0.238. The first-order valence-corrected chi connectivity index (χ1v) is 10.1. The number of anilines is 2. The van der Waals surface area contributed by atoms with Gasteiger partial charge in [0.25, 0.3) is 0 Å². The first kappa shape index (κ1) is 19.4. The number of nitrogens with zero attached hydrogens (tertiary/aromatic N) is 4. The van der Waals surface area contributed by atoms with Crippen LogP contribution in [0.1, 0.15) is 18.4 Å². The largest absolute Gasteiger partial charge is 0.360 e. The van der Waals surface area contributed by atoms with Crippen molar-refractivity contribution in [3.8, 4) is 6.07 Å². The zero-order valence-corrected chi connectivity index (χ0v) is 17.2. The van der Waals surface area contributed by atoms with Gasteiger partial charge in [0.1, 0.15) is 12.1 Å². The number of fused-ring (bicyclic) bond motifs is 1. The first-order valence-electron chi connectivity index (χ1n) is 9.35. The van der Waals surface area contributed by atoms with Crippen LogP contribution in [0.5, 0.6) is 0 Å². The number of hydrogen-bond acceptors (Lipinski definition) is 5. The second-order valence-corrected chi connectivity index (χ2v) is 7.75. The predicted octanol–water partition coefficient (Wildman–Crippen LogP) is 4.11. The molecule has 1 saturated heterocycles. The molecule has 3 aromatic rings. The Morgan fingerprint density at radius 2 is 1.90 bits per heavy atom. The molecule has 1 fully saturated rings. The molecule has 4 rings (SSSR count). The Bertz CT molecular complexity index is 1070. The summed E-state index contributed by atoms with van der Waals surface area (Å²) >= 11 is 11.5. The predicted molar refractivity (Wildman–Crippen MR) is 120 cm³/mol. The molecule has 6 nitrogen and oxygen atoms in total. The summed E-state index contributed by atoms with van der Waals surface area (Å²) in [6.45, 7) is 1.76. The van der Waals surface area contributed by atoms with Crippen molar-refractivity contribution in [3.63, 3.8) is 0 Å². The van der Waals surface area contributed by atoms with Crippen molar-refractivity contribution in [2.75, 3.05) is 23.3 Å². The van der Waals surface area contributed by atoms with E-state index in [2.05, 4.69) is 31.6 Å². The summed E-state index contributed by atoms with van der Waals surface area (Å²) in [5.41, 5.74) is 2.35. The molecule has 0 aliphatic carbocycles. The van der Waals surface area contributed by atoms with E-state index in [4.69, 9.17) is 29.1 Å². The zero-order chi connectivity index (χ0) is 20.2. The van der Waals surface area contributed by atoms with Crippen LogP contribution in [0.4, 0.5) is 11.5 Å². The fourth-order valence-electron chi connectivity index (χ4n) is 3.48. The second-order valence-electron chi connectivity index (χ2n) is 6.91. The van der Waals surface area contributed by atoms with Gasteiger partial charge in [-0.15, -0.1) is 0 Å². The molecule has 2 aromatic carbocycles. The minimum Gasteiger partial charge on any atom is -0.360 e. The van der Waals surface area contributed by atoms with Crippen molar-refractivity contribution in [1.82, 2.24) is 15.3 Å². The quantitative estimate of drug-likeness (QED) is 0.615. The molecule has 0 radical (unpaired) electrons. The number of halogens is 1. The smallest absolute Gasteiger partial charge is 0.170 e. The average molecular weight is 423 g/mol. The van der Waals surface area contributed by atoms with Crippen molar-refractivity contribution in [3.05, 3.63) is 59.4 Å². The number of benzene rings is 2. The van der Waals surface area contributed by atoms with Gasteiger partial charge in [-0.3, -0.25) is 0 Å². The van der Waals surface area contributed by atoms with E-state index in [1.54, 1.807) is 18.5 Å². The van der Waals surface area contributed by atoms with Crippen LogP contribution in [-0.4, -0.2) is 34.2 Å². The standard InChI is InChI=1S/C21H19ClN6S/c22-15-3-6-18-19(11-15)24-13-25-20(18)28-9-7-17(8-10-28)27-21(29)26-16-4-1-14(12-23)2-5-16/h1-6,11,13,17H,7-10H2,(H2,26,27,29). The molecular formula is C21H19ClN6S. The van der Waals surface area contributed by atoms with E-state index >= 15 is 0 Å². The minimum absolute atomic E-state index is 0.298. The minimum atomic E-state index is 0.298. The highest BCUT2D eigenvalue weighted by atomic mass is 35.5. The molecule has 0 saturated carbocycles. The maximum atomic E-state index is 8.87. The van der Waals surface area contributed by atoms with Crippen molar-refractivity contribution in [2.45, 2.75) is 18.9 Å². The molecule has 0 bridgehead atoms. The molecule has 0 unspecified atom stereocenters. The molecule has 8 heteroatoms. The lowest BCUT2D eigenvalue weighted by molar-refractivity contribution is 0.466. The fourth-order valence-corrected chi connectivity index (χ4v) is 3.94. The Morgan fingerprint density at radius 1 is 1.14 bits per heavy atom. The maximum Gasteiger partial charge on any atom is 0.170 e. The van der Waals surface area contributed by atoms with Crippen molar-refractivity contribution >= 4 is 51.3 Å². The Morgan fingerprint density at radius 3 is 2.62 bits per heavy atom. The first-order chi connectivity index (χ1) is 14.1. The van der Waals surface area contributed by atoms with Crippen LogP contribution < -0.4 is 15.5 Å². The van der Waals surface area contributed by atoms with Crippen LogP contribution in [0.3, 0.4) is 0 Å². The van der Waals surface area contributed by atoms with Crippen molar-refractivity contribution in [2.24, 2.45) is 0 Å². The molecule has 1 aliphatic rings. The van der Waals surface area contributed by atoms with E-state index in [1.165, 1.54) is 0 Å². The van der Waals surface area contributed by atoms with Gasteiger partial charge < -0.3 is 15.5 Å². The van der Waals surface area contributed by atoms with Crippen LogP contribution in [0.25, 0.3) is 10.9 Å². The molecule has 1 aromatic heterocycles. The average Bonchev–Trinajstić information content (AvgIpc) is 2.74. The van der Waals surface area contributed by atoms with Crippen LogP contribution in [0.15, 0.2) is 48.8 Å². The Hall–Kier alpha value is -2.95. The summed E-state index contributed by atoms with van der Waals surface area (Å²) in [5, 5.41) is 17.7. The van der Waals surface area contributed by atoms with Gasteiger partial charge in [0.05, 0.1) is 17.1 Å². The van der Waals surface area contributed by atoms with E-state index in [0.717, 1.165) is 48.3 Å². The SMILES string of the molecule is N#Cc1ccc(NC(=S)NC2CCN(c3ncnc4cc(Cl)ccc34)CC2)cc1. The van der Waals surface area contributed by atoms with Gasteiger partial charge in [-0.2, -0.15) is 5.26 Å². The number of nitrogens with one attached hydrogen (secondary N) is 2. The highest BCUT2D eigenvalue weighted by Crippen LogP contribution is 2.27. The van der Waals surface area contributed by atoms with E-state index in [0.29, 0.717) is 21.7 Å². The van der Waals surface area contributed by atoms with E-state index in [1.807, 2.05) is 30.3 Å². The molecule has 1 aliphatic heterocycles. The van der Waals surface area contributed by atoms with Gasteiger partial charge in [-0.05, 0) is 67.5 Å². The number of piperidine rings is 1. The number of aromatic nitrogens is 2. The third-order valence-electron chi connectivity index (χ3n) is 4.98. The van der Waals surface area contributed by atoms with Gasteiger partial charge in [0.15, 0.2) is 5.11 Å². The van der Waals surface area contributed by atoms with E-state index < -0.39 is 0 Å². The van der Waals surface area contributed by atoms with Gasteiger partial charge in [0, 0.05) is 35.2 Å². The van der Waals surface area contributed by atoms with Crippen molar-refractivity contribution in [1.29, 1.82) is 5.26 Å². The molecule has 2 heterocycles. The Kier molecular flexibility index (Phi) is 5.74. The van der Waals surface area contributed by atoms with Crippen LogP contribution in [0.2, 0.25) is 5.02 Å². The topological polar surface area (TPSA) is 76.9 Å². The van der Waals surface area contributed by atoms with E-state index in [9.17, 15) is 0 Å². The Labute approximate surface area is 179 Å². The zero-order valence-electron chi connectivity index (χ0n) is 15.6. The highest BCUT2D eigenvalue weighted by Gasteiger charge is 2.22. The molecule has 0 amide bonds. The molecule has 0 atom stereocenters. The summed E-state index contributed by atoms with van der Waals surface area (Å²) < 4.78 is 0. The molecule has 0 spiro atoms. The van der Waals surface area contributed by atoms with Crippen LogP contribution >= 0.6 is 23.8 Å². The lowest BCUT2D eigenvalue weighted by Gasteiger charge is -2.34. The number of thiocarbonyl (C=S) groups is 1.